The number of cyclic esters (lactones) is 1. The van der Waals surface area contributed by atoms with E-state index in [-0.39, 0.29) is 0 Å². The zero-order valence-corrected chi connectivity index (χ0v) is 14.0. The minimum absolute atomic E-state index is 0.412. The van der Waals surface area contributed by atoms with Crippen LogP contribution >= 0.6 is 11.6 Å². The molecular formula is C19H15ClO4. The summed E-state index contributed by atoms with van der Waals surface area (Å²) >= 11 is 5.88. The van der Waals surface area contributed by atoms with Crippen molar-refractivity contribution < 1.29 is 19.0 Å². The van der Waals surface area contributed by atoms with Crippen molar-refractivity contribution in [2.45, 2.75) is 0 Å². The van der Waals surface area contributed by atoms with Crippen molar-refractivity contribution in [1.29, 1.82) is 0 Å². The van der Waals surface area contributed by atoms with E-state index in [4.69, 9.17) is 25.8 Å². The summed E-state index contributed by atoms with van der Waals surface area (Å²) in [5.41, 5.74) is 1.96. The first kappa shape index (κ1) is 16.1. The first-order chi connectivity index (χ1) is 11.6. The molecule has 5 heteroatoms. The lowest BCUT2D eigenvalue weighted by Crippen LogP contribution is -1.98. The smallest absolute Gasteiger partial charge is 0.343 e. The Kier molecular flexibility index (Phi) is 4.58. The molecule has 1 heterocycles. The van der Waals surface area contributed by atoms with E-state index in [1.54, 1.807) is 56.7 Å². The lowest BCUT2D eigenvalue weighted by Gasteiger charge is -2.10. The standard InChI is InChI=1S/C19H15ClO4/c1-22-16-5-3-4-13(18(16)23-2)10-14-11-17(24-19(14)21)12-6-8-15(20)9-7-12/h3-11H,1-2H3. The molecule has 0 saturated heterocycles. The second-order valence-electron chi connectivity index (χ2n) is 5.09. The summed E-state index contributed by atoms with van der Waals surface area (Å²) < 4.78 is 16.0. The highest BCUT2D eigenvalue weighted by Gasteiger charge is 2.22. The molecule has 0 radical (unpaired) electrons. The minimum Gasteiger partial charge on any atom is -0.493 e. The highest BCUT2D eigenvalue weighted by atomic mass is 35.5. The highest BCUT2D eigenvalue weighted by molar-refractivity contribution is 6.30. The Balaban J connectivity index is 1.99. The quantitative estimate of drug-likeness (QED) is 0.612. The highest BCUT2D eigenvalue weighted by Crippen LogP contribution is 2.34. The van der Waals surface area contributed by atoms with Gasteiger partial charge in [-0.3, -0.25) is 0 Å². The van der Waals surface area contributed by atoms with Crippen molar-refractivity contribution in [3.63, 3.8) is 0 Å². The number of hydrogen-bond donors (Lipinski definition) is 0. The molecule has 0 amide bonds. The molecule has 1 aliphatic heterocycles. The number of hydrogen-bond acceptors (Lipinski definition) is 4. The molecule has 0 fully saturated rings. The van der Waals surface area contributed by atoms with Gasteiger partial charge in [0, 0.05) is 16.1 Å². The number of methoxy groups -OCH3 is 2. The van der Waals surface area contributed by atoms with Crippen LogP contribution < -0.4 is 9.47 Å². The minimum atomic E-state index is -0.412. The molecule has 2 aromatic carbocycles. The van der Waals surface area contributed by atoms with Gasteiger partial charge in [0.15, 0.2) is 11.5 Å². The topological polar surface area (TPSA) is 44.8 Å². The van der Waals surface area contributed by atoms with E-state index in [9.17, 15) is 4.79 Å². The Morgan fingerprint density at radius 2 is 1.79 bits per heavy atom. The number of benzene rings is 2. The van der Waals surface area contributed by atoms with Gasteiger partial charge in [-0.1, -0.05) is 23.7 Å². The second-order valence-corrected chi connectivity index (χ2v) is 5.52. The van der Waals surface area contributed by atoms with Gasteiger partial charge in [-0.15, -0.1) is 0 Å². The molecule has 24 heavy (non-hydrogen) atoms. The van der Waals surface area contributed by atoms with E-state index in [2.05, 4.69) is 0 Å². The van der Waals surface area contributed by atoms with Gasteiger partial charge >= 0.3 is 5.97 Å². The van der Waals surface area contributed by atoms with Crippen LogP contribution in [0.15, 0.2) is 54.1 Å². The van der Waals surface area contributed by atoms with E-state index in [1.165, 1.54) is 0 Å². The summed E-state index contributed by atoms with van der Waals surface area (Å²) in [5, 5.41) is 0.626. The molecule has 4 nitrogen and oxygen atoms in total. The van der Waals surface area contributed by atoms with E-state index >= 15 is 0 Å². The molecule has 0 aliphatic carbocycles. The first-order valence-corrected chi connectivity index (χ1v) is 7.62. The molecule has 3 rings (SSSR count). The average Bonchev–Trinajstić information content (AvgIpc) is 2.96. The first-order valence-electron chi connectivity index (χ1n) is 7.25. The van der Waals surface area contributed by atoms with Crippen LogP contribution in [0.5, 0.6) is 11.5 Å². The largest absolute Gasteiger partial charge is 0.493 e. The number of carbonyl (C=O) groups excluding carboxylic acids is 1. The lowest BCUT2D eigenvalue weighted by molar-refractivity contribution is -0.130. The van der Waals surface area contributed by atoms with Crippen molar-refractivity contribution in [3.05, 3.63) is 70.3 Å². The van der Waals surface area contributed by atoms with Gasteiger partial charge in [0.1, 0.15) is 5.76 Å². The number of rotatable bonds is 4. The molecule has 0 unspecified atom stereocenters. The van der Waals surface area contributed by atoms with E-state index in [0.29, 0.717) is 27.9 Å². The molecule has 0 atom stereocenters. The molecular weight excluding hydrogens is 328 g/mol. The third kappa shape index (κ3) is 3.14. The molecule has 2 aromatic rings. The number of para-hydroxylation sites is 1. The van der Waals surface area contributed by atoms with Crippen molar-refractivity contribution in [2.24, 2.45) is 0 Å². The molecule has 0 spiro atoms. The van der Waals surface area contributed by atoms with Crippen LogP contribution in [0, 0.1) is 0 Å². The summed E-state index contributed by atoms with van der Waals surface area (Å²) in [6, 6.07) is 12.6. The van der Waals surface area contributed by atoms with Crippen LogP contribution in [0.4, 0.5) is 0 Å². The van der Waals surface area contributed by atoms with E-state index in [1.807, 2.05) is 12.1 Å². The zero-order chi connectivity index (χ0) is 17.1. The summed E-state index contributed by atoms with van der Waals surface area (Å²) in [5.74, 6) is 1.24. The summed E-state index contributed by atoms with van der Waals surface area (Å²) in [4.78, 5) is 12.1. The predicted molar refractivity (Wildman–Crippen MR) is 93.0 cm³/mol. The maximum atomic E-state index is 12.1. The van der Waals surface area contributed by atoms with Crippen molar-refractivity contribution in [1.82, 2.24) is 0 Å². The second kappa shape index (κ2) is 6.81. The summed E-state index contributed by atoms with van der Waals surface area (Å²) in [7, 11) is 3.12. The lowest BCUT2D eigenvalue weighted by atomic mass is 10.1. The van der Waals surface area contributed by atoms with Crippen LogP contribution in [-0.4, -0.2) is 20.2 Å². The Morgan fingerprint density at radius 3 is 2.46 bits per heavy atom. The fourth-order valence-corrected chi connectivity index (χ4v) is 2.56. The summed E-state index contributed by atoms with van der Waals surface area (Å²) in [6.07, 6.45) is 3.41. The van der Waals surface area contributed by atoms with Crippen LogP contribution in [0.2, 0.25) is 5.02 Å². The predicted octanol–water partition coefficient (Wildman–Crippen LogP) is 4.34. The van der Waals surface area contributed by atoms with E-state index < -0.39 is 5.97 Å². The maximum Gasteiger partial charge on any atom is 0.343 e. The van der Waals surface area contributed by atoms with Gasteiger partial charge in [0.05, 0.1) is 19.8 Å². The average molecular weight is 343 g/mol. The number of ether oxygens (including phenoxy) is 3. The van der Waals surface area contributed by atoms with Crippen LogP contribution in [0.25, 0.3) is 11.8 Å². The Bertz CT molecular complexity index is 835. The van der Waals surface area contributed by atoms with Gasteiger partial charge in [-0.05, 0) is 42.5 Å². The zero-order valence-electron chi connectivity index (χ0n) is 13.2. The molecule has 0 saturated carbocycles. The van der Waals surface area contributed by atoms with Crippen molar-refractivity contribution in [3.8, 4) is 11.5 Å². The Labute approximate surface area is 144 Å². The monoisotopic (exact) mass is 342 g/mol. The van der Waals surface area contributed by atoms with E-state index in [0.717, 1.165) is 11.1 Å². The van der Waals surface area contributed by atoms with Crippen molar-refractivity contribution >= 4 is 29.4 Å². The van der Waals surface area contributed by atoms with Crippen LogP contribution in [0.1, 0.15) is 11.1 Å². The number of carbonyl (C=O) groups is 1. The summed E-state index contributed by atoms with van der Waals surface area (Å²) in [6.45, 7) is 0. The molecule has 0 N–H and O–H groups in total. The Morgan fingerprint density at radius 1 is 1.04 bits per heavy atom. The SMILES string of the molecule is COc1cccc(C=C2C=C(c3ccc(Cl)cc3)OC2=O)c1OC. The molecule has 122 valence electrons. The van der Waals surface area contributed by atoms with Crippen LogP contribution in [0.3, 0.4) is 0 Å². The molecule has 1 aliphatic rings. The Hall–Kier alpha value is -2.72. The number of halogens is 1. The molecule has 0 bridgehead atoms. The molecule has 0 aromatic heterocycles. The fourth-order valence-electron chi connectivity index (χ4n) is 2.44. The third-order valence-corrected chi connectivity index (χ3v) is 3.85. The van der Waals surface area contributed by atoms with Gasteiger partial charge in [0.25, 0.3) is 0 Å². The maximum absolute atomic E-state index is 12.1. The van der Waals surface area contributed by atoms with Crippen molar-refractivity contribution in [2.75, 3.05) is 14.2 Å². The normalized spacial score (nSPS) is 15.2. The third-order valence-electron chi connectivity index (χ3n) is 3.60. The van der Waals surface area contributed by atoms with Gasteiger partial charge in [0.2, 0.25) is 0 Å². The number of esters is 1. The van der Waals surface area contributed by atoms with Crippen LogP contribution in [-0.2, 0) is 9.53 Å². The van der Waals surface area contributed by atoms with Gasteiger partial charge in [-0.25, -0.2) is 4.79 Å². The van der Waals surface area contributed by atoms with Gasteiger partial charge < -0.3 is 14.2 Å². The van der Waals surface area contributed by atoms with Gasteiger partial charge in [-0.2, -0.15) is 0 Å². The fraction of sp³-hybridized carbons (Fsp3) is 0.105.